The molecule has 1 fully saturated rings. The van der Waals surface area contributed by atoms with Gasteiger partial charge in [-0.25, -0.2) is 9.18 Å². The molecule has 1 N–H and O–H groups in total. The lowest BCUT2D eigenvalue weighted by atomic mass is 10.2. The van der Waals surface area contributed by atoms with Crippen LogP contribution in [-0.4, -0.2) is 37.2 Å². The molecule has 5 nitrogen and oxygen atoms in total. The molecule has 0 atom stereocenters. The Hall–Kier alpha value is -2.13. The highest BCUT2D eigenvalue weighted by atomic mass is 19.1. The first kappa shape index (κ1) is 12.3. The summed E-state index contributed by atoms with van der Waals surface area (Å²) in [6.45, 7) is 1.96. The SMILES string of the molecule is N#Cc1ccc(NC(=O)N2CCOCC2)c(F)c1. The Morgan fingerprint density at radius 3 is 2.78 bits per heavy atom. The van der Waals surface area contributed by atoms with E-state index in [9.17, 15) is 9.18 Å². The molecule has 1 saturated heterocycles. The van der Waals surface area contributed by atoms with Crippen LogP contribution in [0.4, 0.5) is 14.9 Å². The van der Waals surface area contributed by atoms with E-state index < -0.39 is 5.82 Å². The molecule has 6 heteroatoms. The third-order valence-electron chi connectivity index (χ3n) is 2.64. The zero-order valence-electron chi connectivity index (χ0n) is 9.65. The Morgan fingerprint density at radius 2 is 2.17 bits per heavy atom. The molecule has 0 radical (unpaired) electrons. The molecule has 1 aliphatic heterocycles. The van der Waals surface area contributed by atoms with Gasteiger partial charge in [-0.05, 0) is 18.2 Å². The van der Waals surface area contributed by atoms with Crippen molar-refractivity contribution in [2.24, 2.45) is 0 Å². The van der Waals surface area contributed by atoms with E-state index in [1.54, 1.807) is 4.90 Å². The van der Waals surface area contributed by atoms with E-state index in [0.717, 1.165) is 6.07 Å². The van der Waals surface area contributed by atoms with Crippen molar-refractivity contribution in [3.05, 3.63) is 29.6 Å². The third kappa shape index (κ3) is 2.76. The summed E-state index contributed by atoms with van der Waals surface area (Å²) in [6, 6.07) is 5.40. The number of urea groups is 1. The van der Waals surface area contributed by atoms with Crippen molar-refractivity contribution < 1.29 is 13.9 Å². The highest BCUT2D eigenvalue weighted by Crippen LogP contribution is 2.16. The van der Waals surface area contributed by atoms with Crippen LogP contribution in [0.25, 0.3) is 0 Å². The zero-order chi connectivity index (χ0) is 13.0. The lowest BCUT2D eigenvalue weighted by Crippen LogP contribution is -2.43. The molecule has 1 heterocycles. The predicted molar refractivity (Wildman–Crippen MR) is 62.5 cm³/mol. The number of carbonyl (C=O) groups is 1. The topological polar surface area (TPSA) is 65.4 Å². The maximum atomic E-state index is 13.6. The minimum atomic E-state index is -0.615. The molecule has 18 heavy (non-hydrogen) atoms. The molecule has 0 aromatic heterocycles. The standard InChI is InChI=1S/C12H12FN3O2/c13-10-7-9(8-14)1-2-11(10)15-12(17)16-3-5-18-6-4-16/h1-2,7H,3-6H2,(H,15,17). The monoisotopic (exact) mass is 249 g/mol. The molecular weight excluding hydrogens is 237 g/mol. The van der Waals surface area contributed by atoms with E-state index in [0.29, 0.717) is 26.3 Å². The van der Waals surface area contributed by atoms with E-state index in [4.69, 9.17) is 10.00 Å². The maximum absolute atomic E-state index is 13.6. The Bertz CT molecular complexity index is 493. The first-order valence-electron chi connectivity index (χ1n) is 5.54. The van der Waals surface area contributed by atoms with Gasteiger partial charge in [-0.2, -0.15) is 5.26 Å². The van der Waals surface area contributed by atoms with E-state index in [-0.39, 0.29) is 17.3 Å². The van der Waals surface area contributed by atoms with Crippen LogP contribution in [0.1, 0.15) is 5.56 Å². The second-order valence-electron chi connectivity index (χ2n) is 3.84. The number of hydrogen-bond donors (Lipinski definition) is 1. The summed E-state index contributed by atoms with van der Waals surface area (Å²) in [6.07, 6.45) is 0. The fourth-order valence-electron chi connectivity index (χ4n) is 1.65. The molecule has 0 spiro atoms. The van der Waals surface area contributed by atoms with Crippen LogP contribution in [0.5, 0.6) is 0 Å². The summed E-state index contributed by atoms with van der Waals surface area (Å²) in [5.74, 6) is -0.615. The molecule has 1 aromatic rings. The smallest absolute Gasteiger partial charge is 0.322 e. The highest BCUT2D eigenvalue weighted by molar-refractivity contribution is 5.89. The van der Waals surface area contributed by atoms with Crippen LogP contribution in [0.15, 0.2) is 18.2 Å². The minimum Gasteiger partial charge on any atom is -0.378 e. The summed E-state index contributed by atoms with van der Waals surface area (Å²) in [4.78, 5) is 13.4. The summed E-state index contributed by atoms with van der Waals surface area (Å²) < 4.78 is 18.7. The Kier molecular flexibility index (Phi) is 3.75. The maximum Gasteiger partial charge on any atom is 0.322 e. The first-order chi connectivity index (χ1) is 8.70. The van der Waals surface area contributed by atoms with Crippen LogP contribution in [0.2, 0.25) is 0 Å². The second kappa shape index (κ2) is 5.47. The van der Waals surface area contributed by atoms with Gasteiger partial charge in [0.15, 0.2) is 0 Å². The molecule has 0 bridgehead atoms. The van der Waals surface area contributed by atoms with Crippen LogP contribution < -0.4 is 5.32 Å². The summed E-state index contributed by atoms with van der Waals surface area (Å²) >= 11 is 0. The molecule has 0 saturated carbocycles. The number of halogens is 1. The minimum absolute atomic E-state index is 0.0745. The van der Waals surface area contributed by atoms with Crippen LogP contribution in [0.3, 0.4) is 0 Å². The van der Waals surface area contributed by atoms with Gasteiger partial charge in [-0.3, -0.25) is 0 Å². The Morgan fingerprint density at radius 1 is 1.44 bits per heavy atom. The van der Waals surface area contributed by atoms with Crippen molar-refractivity contribution in [2.75, 3.05) is 31.6 Å². The normalized spacial score (nSPS) is 15.0. The summed E-state index contributed by atoms with van der Waals surface area (Å²) in [7, 11) is 0. The lowest BCUT2D eigenvalue weighted by molar-refractivity contribution is 0.0564. The molecule has 0 unspecified atom stereocenters. The van der Waals surface area contributed by atoms with Gasteiger partial charge >= 0.3 is 6.03 Å². The average molecular weight is 249 g/mol. The highest BCUT2D eigenvalue weighted by Gasteiger charge is 2.17. The number of hydrogen-bond acceptors (Lipinski definition) is 3. The fourth-order valence-corrected chi connectivity index (χ4v) is 1.65. The quantitative estimate of drug-likeness (QED) is 0.821. The number of nitriles is 1. The van der Waals surface area contributed by atoms with Crippen LogP contribution in [0, 0.1) is 17.1 Å². The van der Waals surface area contributed by atoms with Crippen molar-refractivity contribution in [3.8, 4) is 6.07 Å². The lowest BCUT2D eigenvalue weighted by Gasteiger charge is -2.26. The molecule has 94 valence electrons. The van der Waals surface area contributed by atoms with Gasteiger partial charge in [-0.15, -0.1) is 0 Å². The van der Waals surface area contributed by atoms with Gasteiger partial charge in [0.2, 0.25) is 0 Å². The van der Waals surface area contributed by atoms with Crippen LogP contribution in [-0.2, 0) is 4.74 Å². The van der Waals surface area contributed by atoms with Crippen molar-refractivity contribution in [1.82, 2.24) is 4.90 Å². The fraction of sp³-hybridized carbons (Fsp3) is 0.333. The van der Waals surface area contributed by atoms with Gasteiger partial charge in [0.25, 0.3) is 0 Å². The molecule has 1 aromatic carbocycles. The largest absolute Gasteiger partial charge is 0.378 e. The molecule has 2 rings (SSSR count). The number of amides is 2. The van der Waals surface area contributed by atoms with E-state index >= 15 is 0 Å². The van der Waals surface area contributed by atoms with Gasteiger partial charge in [0.1, 0.15) is 5.82 Å². The van der Waals surface area contributed by atoms with Crippen molar-refractivity contribution in [2.45, 2.75) is 0 Å². The third-order valence-corrected chi connectivity index (χ3v) is 2.64. The van der Waals surface area contributed by atoms with Crippen molar-refractivity contribution >= 4 is 11.7 Å². The predicted octanol–water partition coefficient (Wildman–Crippen LogP) is 1.56. The number of anilines is 1. The number of carbonyl (C=O) groups excluding carboxylic acids is 1. The Balaban J connectivity index is 2.04. The molecular formula is C12H12FN3O2. The number of ether oxygens (including phenoxy) is 1. The number of rotatable bonds is 1. The van der Waals surface area contributed by atoms with Gasteiger partial charge in [0, 0.05) is 13.1 Å². The van der Waals surface area contributed by atoms with Gasteiger partial charge in [0.05, 0.1) is 30.5 Å². The van der Waals surface area contributed by atoms with E-state index in [2.05, 4.69) is 5.32 Å². The zero-order valence-corrected chi connectivity index (χ0v) is 9.65. The van der Waals surface area contributed by atoms with Crippen molar-refractivity contribution in [3.63, 3.8) is 0 Å². The Labute approximate surface area is 104 Å². The van der Waals surface area contributed by atoms with Crippen LogP contribution >= 0.6 is 0 Å². The van der Waals surface area contributed by atoms with Crippen molar-refractivity contribution in [1.29, 1.82) is 5.26 Å². The number of benzene rings is 1. The van der Waals surface area contributed by atoms with E-state index in [1.807, 2.05) is 6.07 Å². The molecule has 1 aliphatic rings. The van der Waals surface area contributed by atoms with E-state index in [1.165, 1.54) is 12.1 Å². The molecule has 0 aliphatic carbocycles. The number of nitrogens with one attached hydrogen (secondary N) is 1. The first-order valence-corrected chi connectivity index (χ1v) is 5.54. The summed E-state index contributed by atoms with van der Waals surface area (Å²) in [5, 5.41) is 11.1. The number of morpholine rings is 1. The molecule has 2 amide bonds. The second-order valence-corrected chi connectivity index (χ2v) is 3.84. The van der Waals surface area contributed by atoms with Gasteiger partial charge in [-0.1, -0.05) is 0 Å². The average Bonchev–Trinajstić information content (AvgIpc) is 2.42. The number of nitrogens with zero attached hydrogens (tertiary/aromatic N) is 2. The van der Waals surface area contributed by atoms with Gasteiger partial charge < -0.3 is 15.0 Å². The summed E-state index contributed by atoms with van der Waals surface area (Å²) in [5.41, 5.74) is 0.294.